The summed E-state index contributed by atoms with van der Waals surface area (Å²) in [7, 11) is 4.12. The number of ether oxygens (including phenoxy) is 1. The van der Waals surface area contributed by atoms with E-state index in [9.17, 15) is 0 Å². The van der Waals surface area contributed by atoms with Crippen LogP contribution in [0.4, 0.5) is 5.82 Å². The smallest absolute Gasteiger partial charge is 0.148 e. The van der Waals surface area contributed by atoms with Crippen LogP contribution in [-0.4, -0.2) is 48.2 Å². The number of nitrogens with zero attached hydrogens (tertiary/aromatic N) is 3. The molecule has 0 fully saturated rings. The molecule has 5 nitrogen and oxygen atoms in total. The Morgan fingerprint density at radius 3 is 2.50 bits per heavy atom. The summed E-state index contributed by atoms with van der Waals surface area (Å²) >= 11 is 12.6. The molecule has 2 aromatic carbocycles. The monoisotopic (exact) mass is 498 g/mol. The first-order chi connectivity index (χ1) is 16.4. The van der Waals surface area contributed by atoms with Gasteiger partial charge in [-0.25, -0.2) is 9.97 Å². The van der Waals surface area contributed by atoms with E-state index in [0.717, 1.165) is 54.3 Å². The molecule has 1 aliphatic rings. The predicted octanol–water partition coefficient (Wildman–Crippen LogP) is 6.23. The van der Waals surface area contributed by atoms with E-state index in [2.05, 4.69) is 62.4 Å². The highest BCUT2D eigenvalue weighted by Gasteiger charge is 2.34. The number of rotatable bonds is 9. The van der Waals surface area contributed by atoms with E-state index in [-0.39, 0.29) is 12.1 Å². The second kappa shape index (κ2) is 11.0. The second-order valence-corrected chi connectivity index (χ2v) is 9.73. The number of likely N-dealkylation sites (N-methyl/N-ethyl adjacent to an activating group) is 1. The molecule has 4 rings (SSSR count). The van der Waals surface area contributed by atoms with Crippen LogP contribution >= 0.6 is 23.2 Å². The van der Waals surface area contributed by atoms with Crippen molar-refractivity contribution in [1.82, 2.24) is 14.9 Å². The lowest BCUT2D eigenvalue weighted by atomic mass is 10.1. The van der Waals surface area contributed by atoms with Crippen molar-refractivity contribution < 1.29 is 4.74 Å². The van der Waals surface area contributed by atoms with Gasteiger partial charge < -0.3 is 15.0 Å². The van der Waals surface area contributed by atoms with Crippen LogP contribution < -0.4 is 5.32 Å². The zero-order valence-corrected chi connectivity index (χ0v) is 21.7. The largest absolute Gasteiger partial charge is 0.374 e. The molecule has 3 aromatic rings. The van der Waals surface area contributed by atoms with Gasteiger partial charge in [0.25, 0.3) is 0 Å². The number of hydrogen-bond donors (Lipinski definition) is 1. The highest BCUT2D eigenvalue weighted by atomic mass is 35.5. The lowest BCUT2D eigenvalue weighted by molar-refractivity contribution is 0.0393. The first-order valence-electron chi connectivity index (χ1n) is 11.9. The van der Waals surface area contributed by atoms with Gasteiger partial charge in [-0.3, -0.25) is 0 Å². The topological polar surface area (TPSA) is 50.3 Å². The SMILES string of the molecule is CCc1nc(-c2ccc(Cl)cc2Cl)c(CC)nc1N[C@@H]1c2ccccc2C[C@@H]1OCCN(C)C. The maximum absolute atomic E-state index is 6.52. The molecule has 0 spiro atoms. The number of aromatic nitrogens is 2. The molecule has 1 N–H and O–H groups in total. The first kappa shape index (κ1) is 24.9. The third-order valence-electron chi connectivity index (χ3n) is 6.24. The summed E-state index contributed by atoms with van der Waals surface area (Å²) in [4.78, 5) is 12.2. The summed E-state index contributed by atoms with van der Waals surface area (Å²) in [6.07, 6.45) is 2.41. The van der Waals surface area contributed by atoms with E-state index in [1.165, 1.54) is 11.1 Å². The van der Waals surface area contributed by atoms with Gasteiger partial charge in [-0.15, -0.1) is 0 Å². The van der Waals surface area contributed by atoms with Crippen LogP contribution in [0.25, 0.3) is 11.3 Å². The molecule has 0 radical (unpaired) electrons. The molecule has 1 aliphatic carbocycles. The summed E-state index contributed by atoms with van der Waals surface area (Å²) < 4.78 is 6.35. The van der Waals surface area contributed by atoms with Crippen molar-refractivity contribution in [3.05, 3.63) is 75.0 Å². The summed E-state index contributed by atoms with van der Waals surface area (Å²) in [6, 6.07) is 14.1. The summed E-state index contributed by atoms with van der Waals surface area (Å²) in [6.45, 7) is 5.76. The first-order valence-corrected chi connectivity index (χ1v) is 12.6. The van der Waals surface area contributed by atoms with Crippen molar-refractivity contribution in [1.29, 1.82) is 0 Å². The van der Waals surface area contributed by atoms with E-state index in [4.69, 9.17) is 37.9 Å². The Morgan fingerprint density at radius 2 is 1.79 bits per heavy atom. The van der Waals surface area contributed by atoms with Crippen molar-refractivity contribution in [2.24, 2.45) is 0 Å². The van der Waals surface area contributed by atoms with Crippen LogP contribution in [0.1, 0.15) is 42.4 Å². The molecule has 0 amide bonds. The molecular weight excluding hydrogens is 467 g/mol. The number of aryl methyl sites for hydroxylation is 2. The van der Waals surface area contributed by atoms with Crippen molar-refractivity contribution in [2.45, 2.75) is 45.3 Å². The Labute approximate surface area is 212 Å². The normalized spacial score (nSPS) is 17.3. The molecule has 0 saturated heterocycles. The quantitative estimate of drug-likeness (QED) is 0.378. The van der Waals surface area contributed by atoms with Gasteiger partial charge in [-0.1, -0.05) is 61.3 Å². The molecule has 0 aliphatic heterocycles. The van der Waals surface area contributed by atoms with E-state index in [0.29, 0.717) is 16.7 Å². The average Bonchev–Trinajstić information content (AvgIpc) is 3.16. The minimum atomic E-state index is 0.0210. The van der Waals surface area contributed by atoms with Crippen molar-refractivity contribution in [3.63, 3.8) is 0 Å². The lowest BCUT2D eigenvalue weighted by Crippen LogP contribution is -2.29. The van der Waals surface area contributed by atoms with E-state index >= 15 is 0 Å². The molecule has 2 atom stereocenters. The number of hydrogen-bond acceptors (Lipinski definition) is 5. The van der Waals surface area contributed by atoms with E-state index in [1.54, 1.807) is 6.07 Å². The zero-order valence-electron chi connectivity index (χ0n) is 20.2. The highest BCUT2D eigenvalue weighted by Crippen LogP contribution is 2.37. The Hall–Kier alpha value is -2.18. The van der Waals surface area contributed by atoms with Gasteiger partial charge in [-0.2, -0.15) is 0 Å². The minimum Gasteiger partial charge on any atom is -0.374 e. The van der Waals surface area contributed by atoms with Crippen LogP contribution in [-0.2, 0) is 24.0 Å². The van der Waals surface area contributed by atoms with Crippen molar-refractivity contribution >= 4 is 29.0 Å². The van der Waals surface area contributed by atoms with Gasteiger partial charge in [0.05, 0.1) is 40.9 Å². The molecule has 180 valence electrons. The number of benzene rings is 2. The zero-order chi connectivity index (χ0) is 24.2. The molecule has 0 saturated carbocycles. The van der Waals surface area contributed by atoms with Gasteiger partial charge in [0.2, 0.25) is 0 Å². The fourth-order valence-corrected chi connectivity index (χ4v) is 4.93. The van der Waals surface area contributed by atoms with E-state index in [1.807, 2.05) is 12.1 Å². The van der Waals surface area contributed by atoms with Gasteiger partial charge in [0, 0.05) is 23.6 Å². The fraction of sp³-hybridized carbons (Fsp3) is 0.407. The van der Waals surface area contributed by atoms with Crippen LogP contribution in [0.3, 0.4) is 0 Å². The van der Waals surface area contributed by atoms with Crippen molar-refractivity contribution in [3.8, 4) is 11.3 Å². The average molecular weight is 499 g/mol. The Kier molecular flexibility index (Phi) is 8.10. The molecule has 7 heteroatoms. The molecule has 1 aromatic heterocycles. The van der Waals surface area contributed by atoms with Crippen LogP contribution in [0.2, 0.25) is 10.0 Å². The van der Waals surface area contributed by atoms with Gasteiger partial charge in [0.1, 0.15) is 5.82 Å². The Balaban J connectivity index is 1.68. The molecule has 0 unspecified atom stereocenters. The van der Waals surface area contributed by atoms with Crippen LogP contribution in [0.5, 0.6) is 0 Å². The van der Waals surface area contributed by atoms with Crippen LogP contribution in [0, 0.1) is 0 Å². The van der Waals surface area contributed by atoms with Gasteiger partial charge in [-0.05, 0) is 56.3 Å². The number of fused-ring (bicyclic) bond motifs is 1. The molecular formula is C27H32Cl2N4O. The molecule has 0 bridgehead atoms. The Morgan fingerprint density at radius 1 is 1.03 bits per heavy atom. The number of halogens is 2. The molecule has 34 heavy (non-hydrogen) atoms. The summed E-state index contributed by atoms with van der Waals surface area (Å²) in [5, 5.41) is 4.90. The maximum Gasteiger partial charge on any atom is 0.148 e. The third-order valence-corrected chi connectivity index (χ3v) is 6.79. The maximum atomic E-state index is 6.52. The summed E-state index contributed by atoms with van der Waals surface area (Å²) in [5.74, 6) is 0.816. The van der Waals surface area contributed by atoms with Crippen molar-refractivity contribution in [2.75, 3.05) is 32.6 Å². The minimum absolute atomic E-state index is 0.0210. The standard InChI is InChI=1S/C27H32Cl2N4O/c1-5-22-25(20-12-11-18(28)16-21(20)29)30-23(6-2)27(31-22)32-26-19-10-8-7-9-17(19)15-24(26)34-14-13-33(3)4/h7-12,16,24,26H,5-6,13-15H2,1-4H3,(H,31,32)/t24-,26+/m0/s1. The van der Waals surface area contributed by atoms with Gasteiger partial charge >= 0.3 is 0 Å². The lowest BCUT2D eigenvalue weighted by Gasteiger charge is -2.25. The second-order valence-electron chi connectivity index (χ2n) is 8.88. The fourth-order valence-electron chi connectivity index (χ4n) is 4.43. The number of nitrogens with one attached hydrogen (secondary N) is 1. The highest BCUT2D eigenvalue weighted by molar-refractivity contribution is 6.36. The third kappa shape index (κ3) is 5.38. The predicted molar refractivity (Wildman–Crippen MR) is 141 cm³/mol. The number of anilines is 1. The van der Waals surface area contributed by atoms with E-state index < -0.39 is 0 Å². The Bertz CT molecular complexity index is 1150. The summed E-state index contributed by atoms with van der Waals surface area (Å²) in [5.41, 5.74) is 6.07. The van der Waals surface area contributed by atoms with Gasteiger partial charge in [0.15, 0.2) is 0 Å². The van der Waals surface area contributed by atoms with Crippen LogP contribution in [0.15, 0.2) is 42.5 Å². The molecule has 1 heterocycles.